The third-order valence-corrected chi connectivity index (χ3v) is 5.06. The Labute approximate surface area is 196 Å². The lowest BCUT2D eigenvalue weighted by Crippen LogP contribution is -2.17. The molecule has 0 radical (unpaired) electrons. The van der Waals surface area contributed by atoms with Gasteiger partial charge in [0.2, 0.25) is 0 Å². The predicted octanol–water partition coefficient (Wildman–Crippen LogP) is 6.33. The lowest BCUT2D eigenvalue weighted by atomic mass is 10.0. The van der Waals surface area contributed by atoms with Gasteiger partial charge < -0.3 is 9.47 Å². The highest BCUT2D eigenvalue weighted by Gasteiger charge is 2.11. The maximum atomic E-state index is 14.5. The summed E-state index contributed by atoms with van der Waals surface area (Å²) in [5, 5.41) is 0. The van der Waals surface area contributed by atoms with Gasteiger partial charge in [-0.2, -0.15) is 0 Å². The highest BCUT2D eigenvalue weighted by atomic mass is 19.1. The summed E-state index contributed by atoms with van der Waals surface area (Å²) >= 11 is 0. The van der Waals surface area contributed by atoms with Crippen molar-refractivity contribution >= 4 is 12.2 Å². The second kappa shape index (κ2) is 10.5. The van der Waals surface area contributed by atoms with E-state index in [1.54, 1.807) is 25.4 Å². The summed E-state index contributed by atoms with van der Waals surface area (Å²) in [6.45, 7) is -0.328. The first-order valence-corrected chi connectivity index (χ1v) is 10.5. The number of benzene rings is 4. The van der Waals surface area contributed by atoms with Crippen LogP contribution in [0.15, 0.2) is 96.0 Å². The Hall–Kier alpha value is -4.32. The van der Waals surface area contributed by atoms with Crippen LogP contribution >= 0.6 is 0 Å². The zero-order chi connectivity index (χ0) is 23.9. The van der Waals surface area contributed by atoms with Crippen molar-refractivity contribution in [3.8, 4) is 33.8 Å². The Bertz CT molecular complexity index is 1300. The number of hydrogen-bond donors (Lipinski definition) is 0. The van der Waals surface area contributed by atoms with Gasteiger partial charge in [-0.15, -0.1) is 0 Å². The summed E-state index contributed by atoms with van der Waals surface area (Å²) in [4.78, 5) is 16.1. The summed E-state index contributed by atoms with van der Waals surface area (Å²) in [6.07, 6.45) is 1.79. The van der Waals surface area contributed by atoms with E-state index >= 15 is 0 Å². The van der Waals surface area contributed by atoms with Crippen LogP contribution < -0.4 is 9.47 Å². The second-order valence-corrected chi connectivity index (χ2v) is 7.44. The van der Waals surface area contributed by atoms with Crippen molar-refractivity contribution in [3.63, 3.8) is 0 Å². The van der Waals surface area contributed by atoms with Crippen molar-refractivity contribution < 1.29 is 23.0 Å². The van der Waals surface area contributed by atoms with Gasteiger partial charge in [-0.1, -0.05) is 48.5 Å². The first kappa shape index (κ1) is 22.9. The molecule has 4 rings (SSSR count). The lowest BCUT2D eigenvalue weighted by Gasteiger charge is -2.09. The molecule has 0 saturated heterocycles. The van der Waals surface area contributed by atoms with E-state index in [1.807, 2.05) is 36.4 Å². The number of aliphatic imine (C=N–C) groups is 1. The molecule has 0 bridgehead atoms. The largest absolute Gasteiger partial charge is 0.482 e. The highest BCUT2D eigenvalue weighted by Crippen LogP contribution is 2.27. The van der Waals surface area contributed by atoms with E-state index in [0.29, 0.717) is 11.3 Å². The van der Waals surface area contributed by atoms with Crippen molar-refractivity contribution in [1.82, 2.24) is 0 Å². The molecule has 0 aliphatic heterocycles. The van der Waals surface area contributed by atoms with Crippen molar-refractivity contribution in [2.24, 2.45) is 4.99 Å². The van der Waals surface area contributed by atoms with Gasteiger partial charge in [0.1, 0.15) is 23.1 Å². The average Bonchev–Trinajstić information content (AvgIpc) is 2.85. The molecule has 6 heteroatoms. The fourth-order valence-electron chi connectivity index (χ4n) is 3.38. The molecule has 4 aromatic carbocycles. The first-order valence-electron chi connectivity index (χ1n) is 10.5. The summed E-state index contributed by atoms with van der Waals surface area (Å²) in [7, 11) is 1.73. The predicted molar refractivity (Wildman–Crippen MR) is 128 cm³/mol. The Balaban J connectivity index is 1.33. The van der Waals surface area contributed by atoms with E-state index < -0.39 is 17.6 Å². The molecule has 0 N–H and O–H groups in total. The summed E-state index contributed by atoms with van der Waals surface area (Å²) in [5.41, 5.74) is 3.88. The number of hydrogen-bond acceptors (Lipinski definition) is 4. The van der Waals surface area contributed by atoms with Crippen LogP contribution in [-0.2, 0) is 4.79 Å². The van der Waals surface area contributed by atoms with Gasteiger partial charge >= 0.3 is 5.97 Å². The molecule has 4 aromatic rings. The number of esters is 1. The van der Waals surface area contributed by atoms with Crippen molar-refractivity contribution in [2.45, 2.75) is 0 Å². The van der Waals surface area contributed by atoms with E-state index in [0.717, 1.165) is 22.8 Å². The summed E-state index contributed by atoms with van der Waals surface area (Å²) < 4.78 is 38.2. The molecule has 0 heterocycles. The van der Waals surface area contributed by atoms with Gasteiger partial charge in [0.15, 0.2) is 6.61 Å². The molecule has 0 atom stereocenters. The van der Waals surface area contributed by atoms with Gasteiger partial charge in [0, 0.05) is 24.9 Å². The first-order chi connectivity index (χ1) is 16.5. The maximum Gasteiger partial charge on any atom is 0.349 e. The molecule has 170 valence electrons. The van der Waals surface area contributed by atoms with Gasteiger partial charge in [0.05, 0.1) is 0 Å². The van der Waals surface area contributed by atoms with Gasteiger partial charge in [-0.25, -0.2) is 13.6 Å². The molecule has 0 aromatic heterocycles. The van der Waals surface area contributed by atoms with Gasteiger partial charge in [-0.3, -0.25) is 4.99 Å². The number of rotatable bonds is 7. The molecule has 0 aliphatic rings. The highest BCUT2D eigenvalue weighted by molar-refractivity contribution is 5.81. The minimum atomic E-state index is -0.661. The van der Waals surface area contributed by atoms with Crippen molar-refractivity contribution in [1.29, 1.82) is 0 Å². The van der Waals surface area contributed by atoms with Crippen LogP contribution in [-0.4, -0.2) is 25.8 Å². The Morgan fingerprint density at radius 2 is 1.38 bits per heavy atom. The number of carbonyl (C=O) groups is 1. The number of nitrogens with zero attached hydrogens (tertiary/aromatic N) is 1. The molecule has 34 heavy (non-hydrogen) atoms. The van der Waals surface area contributed by atoms with Crippen LogP contribution in [0.3, 0.4) is 0 Å². The minimum absolute atomic E-state index is 0.0591. The van der Waals surface area contributed by atoms with Crippen molar-refractivity contribution in [2.75, 3.05) is 13.7 Å². The van der Waals surface area contributed by atoms with E-state index in [2.05, 4.69) is 4.99 Å². The fraction of sp³-hybridized carbons (Fsp3) is 0.0714. The Kier molecular flexibility index (Phi) is 7.08. The summed E-state index contributed by atoms with van der Waals surface area (Å²) in [6, 6.07) is 24.8. The average molecular weight is 457 g/mol. The third kappa shape index (κ3) is 5.72. The maximum absolute atomic E-state index is 14.5. The fourth-order valence-corrected chi connectivity index (χ4v) is 3.38. The molecule has 0 amide bonds. The van der Waals surface area contributed by atoms with Crippen LogP contribution in [0.4, 0.5) is 8.78 Å². The zero-order valence-electron chi connectivity index (χ0n) is 18.4. The third-order valence-electron chi connectivity index (χ3n) is 5.06. The quantitative estimate of drug-likeness (QED) is 0.185. The zero-order valence-corrected chi connectivity index (χ0v) is 18.4. The molecule has 0 aliphatic carbocycles. The molecular weight excluding hydrogens is 436 g/mol. The summed E-state index contributed by atoms with van der Waals surface area (Å²) in [5.74, 6) is -1.08. The SMILES string of the molecule is CN=Cc1ccc(-c2ccc(OCC(=O)Oc3ccc(-c4ccc(F)cc4)c(F)c3)cc2)cc1. The number of carbonyl (C=O) groups excluding carboxylic acids is 1. The van der Waals surface area contributed by atoms with E-state index in [-0.39, 0.29) is 17.9 Å². The number of halogens is 2. The normalized spacial score (nSPS) is 10.9. The Morgan fingerprint density at radius 3 is 2.00 bits per heavy atom. The van der Waals surface area contributed by atoms with Crippen LogP contribution in [0.25, 0.3) is 22.3 Å². The van der Waals surface area contributed by atoms with Crippen LogP contribution in [0, 0.1) is 11.6 Å². The molecule has 4 nitrogen and oxygen atoms in total. The van der Waals surface area contributed by atoms with Crippen LogP contribution in [0.1, 0.15) is 5.56 Å². The van der Waals surface area contributed by atoms with Crippen LogP contribution in [0.2, 0.25) is 0 Å². The number of ether oxygens (including phenoxy) is 2. The van der Waals surface area contributed by atoms with Gasteiger partial charge in [0.25, 0.3) is 0 Å². The minimum Gasteiger partial charge on any atom is -0.482 e. The standard InChI is InChI=1S/C28H21F2NO3/c1-31-17-19-2-4-20(5-3-19)21-8-12-24(13-9-21)33-18-28(32)34-25-14-15-26(27(30)16-25)22-6-10-23(29)11-7-22/h2-17H,18H2,1H3. The van der Waals surface area contributed by atoms with Gasteiger partial charge in [-0.05, 0) is 58.7 Å². The van der Waals surface area contributed by atoms with E-state index in [4.69, 9.17) is 9.47 Å². The molecular formula is C28H21F2NO3. The lowest BCUT2D eigenvalue weighted by molar-refractivity contribution is -0.136. The molecule has 0 fully saturated rings. The van der Waals surface area contributed by atoms with E-state index in [9.17, 15) is 13.6 Å². The Morgan fingerprint density at radius 1 is 0.794 bits per heavy atom. The topological polar surface area (TPSA) is 47.9 Å². The smallest absolute Gasteiger partial charge is 0.349 e. The van der Waals surface area contributed by atoms with E-state index in [1.165, 1.54) is 36.4 Å². The monoisotopic (exact) mass is 457 g/mol. The molecule has 0 unspecified atom stereocenters. The second-order valence-electron chi connectivity index (χ2n) is 7.44. The van der Waals surface area contributed by atoms with Crippen molar-refractivity contribution in [3.05, 3.63) is 108 Å². The van der Waals surface area contributed by atoms with Crippen LogP contribution in [0.5, 0.6) is 11.5 Å². The molecule has 0 spiro atoms. The molecule has 0 saturated carbocycles.